The lowest BCUT2D eigenvalue weighted by atomic mass is 10.1. The summed E-state index contributed by atoms with van der Waals surface area (Å²) < 4.78 is 19.1. The van der Waals surface area contributed by atoms with Gasteiger partial charge in [0.25, 0.3) is 11.6 Å². The third-order valence-electron chi connectivity index (χ3n) is 4.17. The number of carbonyl (C=O) groups excluding carboxylic acids is 2. The Kier molecular flexibility index (Phi) is 4.81. The van der Waals surface area contributed by atoms with Crippen molar-refractivity contribution in [2.45, 2.75) is 13.8 Å². The molecule has 1 aromatic carbocycles. The van der Waals surface area contributed by atoms with Crippen molar-refractivity contribution in [3.05, 3.63) is 58.9 Å². The number of thiophene rings is 1. The average molecular weight is 410 g/mol. The molecule has 0 saturated carbocycles. The van der Waals surface area contributed by atoms with E-state index in [0.29, 0.717) is 28.0 Å². The maximum Gasteiger partial charge on any atom is 0.259 e. The predicted octanol–water partition coefficient (Wildman–Crippen LogP) is 4.61. The molecule has 0 unspecified atom stereocenters. The summed E-state index contributed by atoms with van der Waals surface area (Å²) >= 11 is 1.49. The number of carbonyl (C=O) groups is 2. The normalized spacial score (nSPS) is 10.9. The molecule has 4 aromatic rings. The number of hydrogen-bond donors (Lipinski definition) is 2. The standard InChI is InChI=1S/C20H15FN4O3S/c1-10-18-13(9-16(17-4-3-7-29-17)24-20(18)28-25-10)19(27)23-12-5-6-14(21)15(8-12)22-11(2)26/h3-9H,1-2H3,(H,22,26)(H,23,27). The summed E-state index contributed by atoms with van der Waals surface area (Å²) in [5.74, 6) is -1.44. The van der Waals surface area contributed by atoms with Crippen LogP contribution in [0.15, 0.2) is 46.3 Å². The lowest BCUT2D eigenvalue weighted by Gasteiger charge is -2.10. The van der Waals surface area contributed by atoms with Crippen molar-refractivity contribution >= 4 is 45.6 Å². The van der Waals surface area contributed by atoms with Gasteiger partial charge in [-0.15, -0.1) is 11.3 Å². The maximum atomic E-state index is 13.9. The van der Waals surface area contributed by atoms with Gasteiger partial charge >= 0.3 is 0 Å². The molecule has 0 aliphatic rings. The second-order valence-electron chi connectivity index (χ2n) is 6.31. The van der Waals surface area contributed by atoms with Crippen LogP contribution in [0.25, 0.3) is 21.7 Å². The fourth-order valence-corrected chi connectivity index (χ4v) is 3.60. The summed E-state index contributed by atoms with van der Waals surface area (Å²) in [6.45, 7) is 3.00. The number of nitrogens with one attached hydrogen (secondary N) is 2. The minimum atomic E-state index is -0.598. The molecule has 3 heterocycles. The monoisotopic (exact) mass is 410 g/mol. The van der Waals surface area contributed by atoms with E-state index in [1.54, 1.807) is 13.0 Å². The van der Waals surface area contributed by atoms with Gasteiger partial charge in [-0.05, 0) is 42.6 Å². The van der Waals surface area contributed by atoms with Crippen LogP contribution in [0.4, 0.5) is 15.8 Å². The molecular weight excluding hydrogens is 395 g/mol. The molecule has 146 valence electrons. The van der Waals surface area contributed by atoms with Gasteiger partial charge in [0.2, 0.25) is 5.91 Å². The van der Waals surface area contributed by atoms with Crippen LogP contribution in [-0.2, 0) is 4.79 Å². The van der Waals surface area contributed by atoms with Crippen LogP contribution in [0.5, 0.6) is 0 Å². The molecular formula is C20H15FN4O3S. The molecule has 0 spiro atoms. The first-order valence-corrected chi connectivity index (χ1v) is 9.49. The molecule has 0 atom stereocenters. The van der Waals surface area contributed by atoms with Crippen LogP contribution in [0.2, 0.25) is 0 Å². The minimum Gasteiger partial charge on any atom is -0.335 e. The van der Waals surface area contributed by atoms with Gasteiger partial charge in [0.1, 0.15) is 5.82 Å². The van der Waals surface area contributed by atoms with Crippen LogP contribution in [0.1, 0.15) is 23.0 Å². The van der Waals surface area contributed by atoms with E-state index >= 15 is 0 Å². The first kappa shape index (κ1) is 18.8. The smallest absolute Gasteiger partial charge is 0.259 e. The second kappa shape index (κ2) is 7.44. The fourth-order valence-electron chi connectivity index (χ4n) is 2.91. The number of anilines is 2. The number of halogens is 1. The molecule has 29 heavy (non-hydrogen) atoms. The van der Waals surface area contributed by atoms with Crippen LogP contribution in [0, 0.1) is 12.7 Å². The Morgan fingerprint density at radius 3 is 2.72 bits per heavy atom. The van der Waals surface area contributed by atoms with Crippen molar-refractivity contribution in [1.82, 2.24) is 10.1 Å². The Bertz CT molecular complexity index is 1230. The zero-order valence-corrected chi connectivity index (χ0v) is 16.3. The summed E-state index contributed by atoms with van der Waals surface area (Å²) in [4.78, 5) is 29.6. The van der Waals surface area contributed by atoms with E-state index in [2.05, 4.69) is 20.8 Å². The van der Waals surface area contributed by atoms with E-state index < -0.39 is 17.6 Å². The number of benzene rings is 1. The highest BCUT2D eigenvalue weighted by molar-refractivity contribution is 7.13. The Labute approximate surface area is 168 Å². The number of nitrogens with zero attached hydrogens (tertiary/aromatic N) is 2. The Hall–Kier alpha value is -3.59. The summed E-state index contributed by atoms with van der Waals surface area (Å²) in [5, 5.41) is 11.5. The molecule has 0 aliphatic carbocycles. The van der Waals surface area contributed by atoms with Crippen molar-refractivity contribution in [1.29, 1.82) is 0 Å². The third kappa shape index (κ3) is 3.72. The molecule has 7 nitrogen and oxygen atoms in total. The van der Waals surface area contributed by atoms with Crippen molar-refractivity contribution in [2.75, 3.05) is 10.6 Å². The summed E-state index contributed by atoms with van der Waals surface area (Å²) in [6, 6.07) is 9.39. The zero-order valence-electron chi connectivity index (χ0n) is 15.4. The van der Waals surface area contributed by atoms with Gasteiger partial charge in [-0.2, -0.15) is 0 Å². The molecule has 3 aromatic heterocycles. The van der Waals surface area contributed by atoms with Gasteiger partial charge in [0.15, 0.2) is 0 Å². The predicted molar refractivity (Wildman–Crippen MR) is 109 cm³/mol. The molecule has 2 N–H and O–H groups in total. The Morgan fingerprint density at radius 1 is 1.17 bits per heavy atom. The van der Waals surface area contributed by atoms with Gasteiger partial charge in [0.05, 0.1) is 32.9 Å². The number of hydrogen-bond acceptors (Lipinski definition) is 6. The highest BCUT2D eigenvalue weighted by Crippen LogP contribution is 2.30. The third-order valence-corrected chi connectivity index (χ3v) is 5.06. The molecule has 0 radical (unpaired) electrons. The van der Waals surface area contributed by atoms with E-state index in [-0.39, 0.29) is 11.4 Å². The summed E-state index contributed by atoms with van der Waals surface area (Å²) in [6.07, 6.45) is 0. The van der Waals surface area contributed by atoms with Crippen molar-refractivity contribution in [2.24, 2.45) is 0 Å². The van der Waals surface area contributed by atoms with E-state index in [9.17, 15) is 14.0 Å². The molecule has 4 rings (SSSR count). The number of fused-ring (bicyclic) bond motifs is 1. The topological polar surface area (TPSA) is 97.1 Å². The second-order valence-corrected chi connectivity index (χ2v) is 7.26. The molecule has 0 bridgehead atoms. The highest BCUT2D eigenvalue weighted by atomic mass is 32.1. The van der Waals surface area contributed by atoms with Crippen molar-refractivity contribution in [3.63, 3.8) is 0 Å². The molecule has 0 aliphatic heterocycles. The van der Waals surface area contributed by atoms with E-state index in [1.807, 2.05) is 17.5 Å². The lowest BCUT2D eigenvalue weighted by molar-refractivity contribution is -0.114. The Balaban J connectivity index is 1.73. The fraction of sp³-hybridized carbons (Fsp3) is 0.100. The Morgan fingerprint density at radius 2 is 2.00 bits per heavy atom. The van der Waals surface area contributed by atoms with Gasteiger partial charge in [-0.1, -0.05) is 11.2 Å². The number of amides is 2. The number of aromatic nitrogens is 2. The first-order chi connectivity index (χ1) is 13.9. The summed E-state index contributed by atoms with van der Waals surface area (Å²) in [7, 11) is 0. The van der Waals surface area contributed by atoms with E-state index in [1.165, 1.54) is 36.5 Å². The van der Waals surface area contributed by atoms with Gasteiger partial charge in [-0.3, -0.25) is 9.59 Å². The van der Waals surface area contributed by atoms with Crippen LogP contribution in [-0.4, -0.2) is 22.0 Å². The zero-order chi connectivity index (χ0) is 20.5. The van der Waals surface area contributed by atoms with Crippen LogP contribution in [0.3, 0.4) is 0 Å². The SMILES string of the molecule is CC(=O)Nc1cc(NC(=O)c2cc(-c3cccs3)nc3onc(C)c23)ccc1F. The largest absolute Gasteiger partial charge is 0.335 e. The van der Waals surface area contributed by atoms with Gasteiger partial charge < -0.3 is 15.2 Å². The number of pyridine rings is 1. The number of aryl methyl sites for hydroxylation is 1. The highest BCUT2D eigenvalue weighted by Gasteiger charge is 2.20. The number of rotatable bonds is 4. The minimum absolute atomic E-state index is 0.0180. The molecule has 9 heteroatoms. The van der Waals surface area contributed by atoms with Crippen LogP contribution < -0.4 is 10.6 Å². The van der Waals surface area contributed by atoms with Crippen LogP contribution >= 0.6 is 11.3 Å². The van der Waals surface area contributed by atoms with E-state index in [4.69, 9.17) is 4.52 Å². The average Bonchev–Trinajstić information content (AvgIpc) is 3.34. The molecule has 0 saturated heterocycles. The quantitative estimate of drug-likeness (QED) is 0.512. The summed E-state index contributed by atoms with van der Waals surface area (Å²) in [5.41, 5.74) is 2.03. The maximum absolute atomic E-state index is 13.9. The van der Waals surface area contributed by atoms with Gasteiger partial charge in [0, 0.05) is 12.6 Å². The van der Waals surface area contributed by atoms with Crippen molar-refractivity contribution < 1.29 is 18.5 Å². The first-order valence-electron chi connectivity index (χ1n) is 8.62. The van der Waals surface area contributed by atoms with E-state index in [0.717, 1.165) is 4.88 Å². The van der Waals surface area contributed by atoms with Gasteiger partial charge in [-0.25, -0.2) is 9.37 Å². The molecule has 0 fully saturated rings. The lowest BCUT2D eigenvalue weighted by Crippen LogP contribution is -2.14. The van der Waals surface area contributed by atoms with Crippen molar-refractivity contribution in [3.8, 4) is 10.6 Å². The molecule has 2 amide bonds.